The van der Waals surface area contributed by atoms with Gasteiger partial charge in [0.2, 0.25) is 0 Å². The smallest absolute Gasteiger partial charge is 0.192 e. The van der Waals surface area contributed by atoms with Crippen molar-refractivity contribution >= 4 is 27.6 Å². The monoisotopic (exact) mass is 293 g/mol. The zero-order valence-electron chi connectivity index (χ0n) is 11.3. The summed E-state index contributed by atoms with van der Waals surface area (Å²) in [6.45, 7) is 7.08. The molecular weight excluding hydrogens is 270 g/mol. The molecule has 0 aromatic heterocycles. The van der Waals surface area contributed by atoms with E-state index in [0.29, 0.717) is 30.7 Å². The first kappa shape index (κ1) is 15.6. The Morgan fingerprint density at radius 3 is 2.78 bits per heavy atom. The average Bonchev–Trinajstić information content (AvgIpc) is 2.36. The molecular formula is C11H23N3O2S2. The minimum Gasteiger partial charge on any atom is -0.370 e. The lowest BCUT2D eigenvalue weighted by Gasteiger charge is -2.35. The van der Waals surface area contributed by atoms with Gasteiger partial charge < -0.3 is 10.6 Å². The topological polar surface area (TPSA) is 75.8 Å². The Morgan fingerprint density at radius 2 is 2.22 bits per heavy atom. The Bertz CT molecular complexity index is 393. The van der Waals surface area contributed by atoms with Gasteiger partial charge >= 0.3 is 0 Å². The number of sulfone groups is 1. The summed E-state index contributed by atoms with van der Waals surface area (Å²) >= 11 is 1.66. The van der Waals surface area contributed by atoms with E-state index in [9.17, 15) is 8.42 Å². The van der Waals surface area contributed by atoms with E-state index in [1.807, 2.05) is 0 Å². The Balaban J connectivity index is 2.86. The normalized spacial score (nSPS) is 22.6. The highest BCUT2D eigenvalue weighted by Gasteiger charge is 2.33. The first-order chi connectivity index (χ1) is 8.38. The molecule has 1 fully saturated rings. The van der Waals surface area contributed by atoms with Gasteiger partial charge in [-0.05, 0) is 5.92 Å². The summed E-state index contributed by atoms with van der Waals surface area (Å²) in [6, 6.07) is 0. The predicted octanol–water partition coefficient (Wildman–Crippen LogP) is 0.767. The lowest BCUT2D eigenvalue weighted by Crippen LogP contribution is -2.53. The first-order valence-corrected chi connectivity index (χ1v) is 9.11. The summed E-state index contributed by atoms with van der Waals surface area (Å²) in [7, 11) is -3.11. The molecule has 18 heavy (non-hydrogen) atoms. The van der Waals surface area contributed by atoms with Crippen LogP contribution >= 0.6 is 11.8 Å². The standard InChI is InChI=1S/C11H23N3O2S2/c1-4-18(15,16)10-8-17-6-5-14(10)11(12)13-7-9(2)3/h9-10H,4-8H2,1-3H3,(H2,12,13). The zero-order valence-corrected chi connectivity index (χ0v) is 12.9. The van der Waals surface area contributed by atoms with Gasteiger partial charge in [-0.15, -0.1) is 0 Å². The molecule has 1 atom stereocenters. The average molecular weight is 293 g/mol. The second-order valence-electron chi connectivity index (χ2n) is 4.77. The number of aliphatic imine (C=N–C) groups is 1. The summed E-state index contributed by atoms with van der Waals surface area (Å²) in [5.41, 5.74) is 5.94. The number of nitrogens with zero attached hydrogens (tertiary/aromatic N) is 2. The molecule has 1 rings (SSSR count). The van der Waals surface area contributed by atoms with E-state index < -0.39 is 15.2 Å². The molecule has 0 aromatic rings. The van der Waals surface area contributed by atoms with Crippen molar-refractivity contribution in [3.63, 3.8) is 0 Å². The number of hydrogen-bond acceptors (Lipinski definition) is 4. The van der Waals surface area contributed by atoms with Crippen LogP contribution in [0, 0.1) is 5.92 Å². The Kier molecular flexibility index (Phi) is 5.78. The van der Waals surface area contributed by atoms with Crippen molar-refractivity contribution in [1.82, 2.24) is 4.90 Å². The minimum absolute atomic E-state index is 0.145. The highest BCUT2D eigenvalue weighted by atomic mass is 32.2. The summed E-state index contributed by atoms with van der Waals surface area (Å²) in [5, 5.41) is -0.517. The van der Waals surface area contributed by atoms with Crippen LogP contribution in [0.5, 0.6) is 0 Å². The van der Waals surface area contributed by atoms with Crippen molar-refractivity contribution in [3.8, 4) is 0 Å². The van der Waals surface area contributed by atoms with Crippen molar-refractivity contribution in [1.29, 1.82) is 0 Å². The number of nitrogens with two attached hydrogens (primary N) is 1. The maximum absolute atomic E-state index is 12.0. The maximum atomic E-state index is 12.0. The van der Waals surface area contributed by atoms with Crippen molar-refractivity contribution in [2.24, 2.45) is 16.6 Å². The van der Waals surface area contributed by atoms with Crippen LogP contribution in [0.25, 0.3) is 0 Å². The van der Waals surface area contributed by atoms with Gasteiger partial charge in [-0.3, -0.25) is 4.99 Å². The van der Waals surface area contributed by atoms with E-state index >= 15 is 0 Å². The third-order valence-electron chi connectivity index (χ3n) is 2.81. The second-order valence-corrected chi connectivity index (χ2v) is 8.36. The van der Waals surface area contributed by atoms with E-state index in [1.54, 1.807) is 23.6 Å². The largest absolute Gasteiger partial charge is 0.370 e. The molecule has 1 aliphatic heterocycles. The van der Waals surface area contributed by atoms with Crippen LogP contribution in [0.15, 0.2) is 4.99 Å². The molecule has 1 heterocycles. The first-order valence-electron chi connectivity index (χ1n) is 6.24. The van der Waals surface area contributed by atoms with Crippen LogP contribution in [-0.2, 0) is 9.84 Å². The van der Waals surface area contributed by atoms with Crippen LogP contribution in [-0.4, -0.2) is 55.0 Å². The quantitative estimate of drug-likeness (QED) is 0.612. The van der Waals surface area contributed by atoms with Crippen LogP contribution in [0.3, 0.4) is 0 Å². The second kappa shape index (κ2) is 6.65. The molecule has 0 bridgehead atoms. The highest BCUT2D eigenvalue weighted by molar-refractivity contribution is 8.01. The minimum atomic E-state index is -3.11. The third-order valence-corrected chi connectivity index (χ3v) is 6.10. The summed E-state index contributed by atoms with van der Waals surface area (Å²) < 4.78 is 24.1. The van der Waals surface area contributed by atoms with E-state index in [0.717, 1.165) is 5.75 Å². The van der Waals surface area contributed by atoms with Crippen molar-refractivity contribution in [2.75, 3.05) is 30.3 Å². The fourth-order valence-electron chi connectivity index (χ4n) is 1.70. The number of thioether (sulfide) groups is 1. The van der Waals surface area contributed by atoms with E-state index in [-0.39, 0.29) is 5.75 Å². The van der Waals surface area contributed by atoms with Crippen LogP contribution in [0.2, 0.25) is 0 Å². The van der Waals surface area contributed by atoms with Gasteiger partial charge in [0.25, 0.3) is 0 Å². The fourth-order valence-corrected chi connectivity index (χ4v) is 4.68. The van der Waals surface area contributed by atoms with Gasteiger partial charge in [0, 0.05) is 30.3 Å². The van der Waals surface area contributed by atoms with Crippen LogP contribution in [0.4, 0.5) is 0 Å². The molecule has 0 saturated carbocycles. The molecule has 0 amide bonds. The van der Waals surface area contributed by atoms with E-state index in [4.69, 9.17) is 5.73 Å². The SMILES string of the molecule is CCS(=O)(=O)C1CSCCN1C(N)=NCC(C)C. The van der Waals surface area contributed by atoms with Gasteiger partial charge in [0.05, 0.1) is 0 Å². The summed E-state index contributed by atoms with van der Waals surface area (Å²) in [6.07, 6.45) is 0. The molecule has 1 saturated heterocycles. The number of rotatable bonds is 4. The summed E-state index contributed by atoms with van der Waals surface area (Å²) in [5.74, 6) is 2.41. The highest BCUT2D eigenvalue weighted by Crippen LogP contribution is 2.21. The van der Waals surface area contributed by atoms with Crippen molar-refractivity contribution in [3.05, 3.63) is 0 Å². The molecule has 0 radical (unpaired) electrons. The molecule has 0 aliphatic carbocycles. The summed E-state index contributed by atoms with van der Waals surface area (Å²) in [4.78, 5) is 6.04. The van der Waals surface area contributed by atoms with Gasteiger partial charge in [-0.25, -0.2) is 8.42 Å². The maximum Gasteiger partial charge on any atom is 0.192 e. The Morgan fingerprint density at radius 1 is 1.56 bits per heavy atom. The fraction of sp³-hybridized carbons (Fsp3) is 0.909. The van der Waals surface area contributed by atoms with Gasteiger partial charge in [-0.1, -0.05) is 20.8 Å². The lowest BCUT2D eigenvalue weighted by molar-refractivity contribution is 0.402. The number of guanidine groups is 1. The molecule has 106 valence electrons. The molecule has 1 aliphatic rings. The van der Waals surface area contributed by atoms with E-state index in [1.165, 1.54) is 0 Å². The predicted molar refractivity (Wildman–Crippen MR) is 78.6 cm³/mol. The Labute approximate surface area is 114 Å². The molecule has 7 heteroatoms. The van der Waals surface area contributed by atoms with Gasteiger partial charge in [0.15, 0.2) is 15.8 Å². The molecule has 2 N–H and O–H groups in total. The molecule has 1 unspecified atom stereocenters. The molecule has 0 aromatic carbocycles. The van der Waals surface area contributed by atoms with Gasteiger partial charge in [-0.2, -0.15) is 11.8 Å². The van der Waals surface area contributed by atoms with Crippen LogP contribution < -0.4 is 5.73 Å². The van der Waals surface area contributed by atoms with Gasteiger partial charge in [0.1, 0.15) is 5.37 Å². The number of hydrogen-bond donors (Lipinski definition) is 1. The zero-order chi connectivity index (χ0) is 13.8. The van der Waals surface area contributed by atoms with Crippen molar-refractivity contribution < 1.29 is 8.42 Å². The van der Waals surface area contributed by atoms with Crippen LogP contribution in [0.1, 0.15) is 20.8 Å². The lowest BCUT2D eigenvalue weighted by atomic mass is 10.2. The molecule has 0 spiro atoms. The Hall–Kier alpha value is -0.430. The van der Waals surface area contributed by atoms with E-state index in [2.05, 4.69) is 18.8 Å². The molecule has 5 nitrogen and oxygen atoms in total. The van der Waals surface area contributed by atoms with Crippen molar-refractivity contribution in [2.45, 2.75) is 26.1 Å². The third kappa shape index (κ3) is 4.05.